The molecule has 0 saturated heterocycles. The zero-order valence-electron chi connectivity index (χ0n) is 26.2. The highest BCUT2D eigenvalue weighted by atomic mass is 14.7. The van der Waals surface area contributed by atoms with Crippen LogP contribution in [0.15, 0.2) is 176 Å². The van der Waals surface area contributed by atoms with Gasteiger partial charge >= 0.3 is 0 Å². The van der Waals surface area contributed by atoms with Crippen molar-refractivity contribution in [2.45, 2.75) is 0 Å². The summed E-state index contributed by atoms with van der Waals surface area (Å²) in [5, 5.41) is 13.5. The average molecular weight is 608 g/mol. The van der Waals surface area contributed by atoms with Crippen molar-refractivity contribution >= 4 is 64.8 Å². The van der Waals surface area contributed by atoms with Gasteiger partial charge in [-0.15, -0.1) is 0 Å². The lowest BCUT2D eigenvalue weighted by molar-refractivity contribution is 1.43. The van der Waals surface area contributed by atoms with Crippen LogP contribution in [0, 0.1) is 0 Å². The molecule has 0 N–H and O–H groups in total. The van der Waals surface area contributed by atoms with Gasteiger partial charge in [0.2, 0.25) is 0 Å². The summed E-state index contributed by atoms with van der Waals surface area (Å²) in [5.74, 6) is 0. The highest BCUT2D eigenvalue weighted by Gasteiger charge is 2.19. The third-order valence-electron chi connectivity index (χ3n) is 9.98. The van der Waals surface area contributed by atoms with E-state index in [0.29, 0.717) is 0 Å². The Kier molecular flexibility index (Phi) is 5.94. The maximum absolute atomic E-state index is 5.30. The van der Waals surface area contributed by atoms with Gasteiger partial charge in [0.15, 0.2) is 0 Å². The van der Waals surface area contributed by atoms with Crippen molar-refractivity contribution in [2.75, 3.05) is 0 Å². The van der Waals surface area contributed by atoms with Gasteiger partial charge in [0.05, 0.1) is 11.2 Å². The van der Waals surface area contributed by atoms with Crippen molar-refractivity contribution in [3.8, 4) is 33.5 Å². The topological polar surface area (TPSA) is 12.9 Å². The van der Waals surface area contributed by atoms with E-state index in [1.807, 2.05) is 0 Å². The van der Waals surface area contributed by atoms with Gasteiger partial charge in [0.1, 0.15) is 0 Å². The number of aromatic nitrogens is 1. The van der Waals surface area contributed by atoms with E-state index in [0.717, 1.165) is 16.8 Å². The molecule has 0 unspecified atom stereocenters. The van der Waals surface area contributed by atoms with Gasteiger partial charge in [0, 0.05) is 16.3 Å². The van der Waals surface area contributed by atoms with Crippen molar-refractivity contribution in [3.05, 3.63) is 176 Å². The van der Waals surface area contributed by atoms with E-state index in [9.17, 15) is 0 Å². The molecule has 10 aromatic rings. The Balaban J connectivity index is 1.34. The standard InChI is InChI=1S/C47H29N/c1-3-13-32-27-34(23-21-30(32)11-1)45-39-17-6-7-18-40(39)46(35-24-22-31-12-2-4-14-33(31)28-35)43-29-36(25-26-41(43)45)47-42-19-8-5-15-37(42)38-16-9-10-20-44(38)48-47/h1-29H. The molecule has 9 aromatic carbocycles. The first-order valence-electron chi connectivity index (χ1n) is 16.5. The van der Waals surface area contributed by atoms with Crippen molar-refractivity contribution in [3.63, 3.8) is 0 Å². The number of para-hydroxylation sites is 1. The Morgan fingerprint density at radius 3 is 1.38 bits per heavy atom. The second kappa shape index (κ2) is 10.6. The van der Waals surface area contributed by atoms with Crippen molar-refractivity contribution in [2.24, 2.45) is 0 Å². The predicted molar refractivity (Wildman–Crippen MR) is 206 cm³/mol. The molecule has 0 radical (unpaired) electrons. The van der Waals surface area contributed by atoms with Gasteiger partial charge in [-0.05, 0) is 95.0 Å². The number of hydrogen-bond acceptors (Lipinski definition) is 1. The molecule has 0 bridgehead atoms. The van der Waals surface area contributed by atoms with Crippen molar-refractivity contribution in [1.82, 2.24) is 4.98 Å². The Morgan fingerprint density at radius 1 is 0.271 bits per heavy atom. The minimum absolute atomic E-state index is 1.01. The van der Waals surface area contributed by atoms with E-state index >= 15 is 0 Å². The first kappa shape index (κ1) is 26.9. The quantitative estimate of drug-likeness (QED) is 0.144. The van der Waals surface area contributed by atoms with Crippen LogP contribution in [0.1, 0.15) is 0 Å². The van der Waals surface area contributed by atoms with Crippen LogP contribution in [0.25, 0.3) is 98.3 Å². The number of pyridine rings is 1. The van der Waals surface area contributed by atoms with Crippen LogP contribution < -0.4 is 0 Å². The van der Waals surface area contributed by atoms with Crippen molar-refractivity contribution < 1.29 is 0 Å². The number of fused-ring (bicyclic) bond motifs is 7. The zero-order valence-corrected chi connectivity index (χ0v) is 26.2. The molecule has 0 saturated carbocycles. The van der Waals surface area contributed by atoms with E-state index in [-0.39, 0.29) is 0 Å². The molecule has 0 spiro atoms. The average Bonchev–Trinajstić information content (AvgIpc) is 3.16. The normalized spacial score (nSPS) is 11.8. The minimum atomic E-state index is 1.01. The van der Waals surface area contributed by atoms with Crippen LogP contribution >= 0.6 is 0 Å². The molecule has 10 rings (SSSR count). The highest BCUT2D eigenvalue weighted by molar-refractivity contribution is 6.23. The molecule has 0 amide bonds. The highest BCUT2D eigenvalue weighted by Crippen LogP contribution is 2.46. The Bertz CT molecular complexity index is 2900. The van der Waals surface area contributed by atoms with E-state index in [2.05, 4.69) is 176 Å². The first-order chi connectivity index (χ1) is 23.8. The molecular weight excluding hydrogens is 579 g/mol. The predicted octanol–water partition coefficient (Wildman–Crippen LogP) is 13.0. The maximum Gasteiger partial charge on any atom is 0.0788 e. The van der Waals surface area contributed by atoms with Crippen LogP contribution in [-0.4, -0.2) is 4.98 Å². The van der Waals surface area contributed by atoms with E-state index in [1.165, 1.54) is 81.5 Å². The fourth-order valence-electron chi connectivity index (χ4n) is 7.76. The number of benzene rings is 9. The maximum atomic E-state index is 5.30. The summed E-state index contributed by atoms with van der Waals surface area (Å²) in [7, 11) is 0. The smallest absolute Gasteiger partial charge is 0.0788 e. The lowest BCUT2D eigenvalue weighted by Crippen LogP contribution is -1.93. The number of rotatable bonds is 3. The Hall–Kier alpha value is -6.31. The monoisotopic (exact) mass is 607 g/mol. The first-order valence-corrected chi connectivity index (χ1v) is 16.5. The minimum Gasteiger partial charge on any atom is -0.247 e. The fourth-order valence-corrected chi connectivity index (χ4v) is 7.76. The molecule has 1 heterocycles. The van der Waals surface area contributed by atoms with Gasteiger partial charge in [-0.2, -0.15) is 0 Å². The van der Waals surface area contributed by atoms with Gasteiger partial charge in [-0.3, -0.25) is 0 Å². The number of hydrogen-bond donors (Lipinski definition) is 0. The molecule has 0 aliphatic heterocycles. The van der Waals surface area contributed by atoms with Crippen LogP contribution in [0.2, 0.25) is 0 Å². The molecule has 48 heavy (non-hydrogen) atoms. The van der Waals surface area contributed by atoms with E-state index in [1.54, 1.807) is 0 Å². The molecule has 1 nitrogen and oxygen atoms in total. The molecule has 222 valence electrons. The van der Waals surface area contributed by atoms with Crippen molar-refractivity contribution in [1.29, 1.82) is 0 Å². The van der Waals surface area contributed by atoms with Gasteiger partial charge < -0.3 is 0 Å². The second-order valence-corrected chi connectivity index (χ2v) is 12.7. The van der Waals surface area contributed by atoms with Gasteiger partial charge in [0.25, 0.3) is 0 Å². The largest absolute Gasteiger partial charge is 0.247 e. The van der Waals surface area contributed by atoms with E-state index in [4.69, 9.17) is 4.98 Å². The summed E-state index contributed by atoms with van der Waals surface area (Å²) in [4.78, 5) is 5.30. The Labute approximate surface area is 278 Å². The summed E-state index contributed by atoms with van der Waals surface area (Å²) in [6.45, 7) is 0. The fraction of sp³-hybridized carbons (Fsp3) is 0. The Morgan fingerprint density at radius 2 is 0.729 bits per heavy atom. The van der Waals surface area contributed by atoms with Crippen LogP contribution in [0.3, 0.4) is 0 Å². The van der Waals surface area contributed by atoms with Crippen LogP contribution in [0.4, 0.5) is 0 Å². The molecule has 1 heteroatoms. The molecule has 0 aliphatic carbocycles. The summed E-state index contributed by atoms with van der Waals surface area (Å²) in [5.41, 5.74) is 8.09. The summed E-state index contributed by atoms with van der Waals surface area (Å²) in [6.07, 6.45) is 0. The van der Waals surface area contributed by atoms with Crippen LogP contribution in [0.5, 0.6) is 0 Å². The molecule has 0 aliphatic rings. The zero-order chi connectivity index (χ0) is 31.6. The second-order valence-electron chi connectivity index (χ2n) is 12.7. The van der Waals surface area contributed by atoms with Gasteiger partial charge in [-0.1, -0.05) is 152 Å². The molecule has 0 atom stereocenters. The summed E-state index contributed by atoms with van der Waals surface area (Å²) >= 11 is 0. The SMILES string of the molecule is c1ccc2cc(-c3c4ccccc4c(-c4ccc5ccccc5c4)c4cc(-c5nc6ccccc6c6ccccc56)ccc34)ccc2c1. The summed E-state index contributed by atoms with van der Waals surface area (Å²) in [6, 6.07) is 64.1. The van der Waals surface area contributed by atoms with Crippen LogP contribution in [-0.2, 0) is 0 Å². The third kappa shape index (κ3) is 4.15. The molecular formula is C47H29N. The van der Waals surface area contributed by atoms with E-state index < -0.39 is 0 Å². The number of nitrogens with zero attached hydrogens (tertiary/aromatic N) is 1. The van der Waals surface area contributed by atoms with Gasteiger partial charge in [-0.25, -0.2) is 4.98 Å². The third-order valence-corrected chi connectivity index (χ3v) is 9.98. The summed E-state index contributed by atoms with van der Waals surface area (Å²) < 4.78 is 0. The lowest BCUT2D eigenvalue weighted by atomic mass is 9.84. The molecule has 0 fully saturated rings. The lowest BCUT2D eigenvalue weighted by Gasteiger charge is -2.19. The molecule has 1 aromatic heterocycles.